The van der Waals surface area contributed by atoms with Crippen molar-refractivity contribution in [2.24, 2.45) is 5.73 Å². The number of amides is 1. The number of rotatable bonds is 3. The van der Waals surface area contributed by atoms with Gasteiger partial charge in [-0.3, -0.25) is 4.79 Å². The zero-order valence-corrected chi connectivity index (χ0v) is 5.39. The highest BCUT2D eigenvalue weighted by atomic mass is 19.1. The van der Waals surface area contributed by atoms with E-state index < -0.39 is 12.6 Å². The number of ether oxygens (including phenoxy) is 1. The van der Waals surface area contributed by atoms with Gasteiger partial charge in [-0.25, -0.2) is 4.39 Å². The van der Waals surface area contributed by atoms with Gasteiger partial charge in [0.25, 0.3) is 5.91 Å². The molecule has 0 aromatic heterocycles. The molecule has 0 aromatic carbocycles. The lowest BCUT2D eigenvalue weighted by molar-refractivity contribution is -0.112. The van der Waals surface area contributed by atoms with E-state index in [-0.39, 0.29) is 13.2 Å². The molecular weight excluding hydrogens is 137 g/mol. The Hall–Kier alpha value is -1.08. The maximum absolute atomic E-state index is 11.3. The van der Waals surface area contributed by atoms with Crippen LogP contribution in [0.1, 0.15) is 0 Å². The second-order valence-corrected chi connectivity index (χ2v) is 1.41. The minimum absolute atomic E-state index is 0.00738. The summed E-state index contributed by atoms with van der Waals surface area (Å²) in [6.07, 6.45) is 0. The van der Waals surface area contributed by atoms with E-state index in [1.54, 1.807) is 0 Å². The Morgan fingerprint density at radius 2 is 2.40 bits per heavy atom. The molecule has 0 atom stereocenters. The Morgan fingerprint density at radius 1 is 1.70 bits per heavy atom. The van der Waals surface area contributed by atoms with Crippen molar-refractivity contribution >= 4 is 5.91 Å². The molecule has 0 unspecified atom stereocenters. The lowest BCUT2D eigenvalue weighted by atomic mass is 10.6. The number of nitrogens with two attached hydrogens (primary N) is 1. The number of carbonyl (C=O) groups excluding carboxylic acids is 1. The first-order valence-corrected chi connectivity index (χ1v) is 2.69. The molecular formula is C6H8FNO2. The molecule has 0 aliphatic rings. The topological polar surface area (TPSA) is 52.3 Å². The van der Waals surface area contributed by atoms with Crippen LogP contribution in [0.4, 0.5) is 4.39 Å². The van der Waals surface area contributed by atoms with Gasteiger partial charge in [0.1, 0.15) is 13.3 Å². The van der Waals surface area contributed by atoms with Crippen LogP contribution in [0.25, 0.3) is 0 Å². The van der Waals surface area contributed by atoms with Gasteiger partial charge in [-0.15, -0.1) is 0 Å². The number of alkyl halides is 1. The fraction of sp³-hybridized carbons (Fsp3) is 0.500. The summed E-state index contributed by atoms with van der Waals surface area (Å²) >= 11 is 0. The Bertz CT molecular complexity index is 159. The number of hydrogen-bond donors (Lipinski definition) is 1. The van der Waals surface area contributed by atoms with Gasteiger partial charge < -0.3 is 10.5 Å². The number of primary amides is 1. The second-order valence-electron chi connectivity index (χ2n) is 1.41. The first-order valence-electron chi connectivity index (χ1n) is 2.69. The minimum Gasteiger partial charge on any atom is -0.366 e. The van der Waals surface area contributed by atoms with E-state index in [1.165, 1.54) is 0 Å². The molecule has 0 aliphatic heterocycles. The van der Waals surface area contributed by atoms with Crippen LogP contribution in [0, 0.1) is 11.8 Å². The molecule has 1 amide bonds. The van der Waals surface area contributed by atoms with E-state index in [0.717, 1.165) is 0 Å². The van der Waals surface area contributed by atoms with Gasteiger partial charge in [0.05, 0.1) is 6.61 Å². The van der Waals surface area contributed by atoms with Crippen LogP contribution in [0.3, 0.4) is 0 Å². The third-order valence-electron chi connectivity index (χ3n) is 0.607. The van der Waals surface area contributed by atoms with E-state index in [0.29, 0.717) is 0 Å². The number of hydrogen-bond acceptors (Lipinski definition) is 2. The van der Waals surface area contributed by atoms with Crippen molar-refractivity contribution in [1.82, 2.24) is 0 Å². The molecule has 0 heterocycles. The SMILES string of the molecule is NC(=O)C#CCOCCF. The Morgan fingerprint density at radius 3 is 2.90 bits per heavy atom. The average molecular weight is 145 g/mol. The summed E-state index contributed by atoms with van der Waals surface area (Å²) in [5.41, 5.74) is 4.67. The van der Waals surface area contributed by atoms with Crippen LogP contribution in [-0.4, -0.2) is 25.8 Å². The number of halogens is 1. The first kappa shape index (κ1) is 8.92. The van der Waals surface area contributed by atoms with Crippen molar-refractivity contribution in [2.45, 2.75) is 0 Å². The third kappa shape index (κ3) is 6.92. The summed E-state index contributed by atoms with van der Waals surface area (Å²) in [5.74, 6) is 3.65. The molecule has 2 N–H and O–H groups in total. The molecule has 4 heteroatoms. The van der Waals surface area contributed by atoms with E-state index in [2.05, 4.69) is 16.4 Å². The van der Waals surface area contributed by atoms with Crippen molar-refractivity contribution in [3.05, 3.63) is 0 Å². The highest BCUT2D eigenvalue weighted by Crippen LogP contribution is 1.72. The normalized spacial score (nSPS) is 8.10. The van der Waals surface area contributed by atoms with Crippen molar-refractivity contribution in [2.75, 3.05) is 19.9 Å². The molecule has 0 saturated heterocycles. The maximum atomic E-state index is 11.3. The van der Waals surface area contributed by atoms with Crippen molar-refractivity contribution < 1.29 is 13.9 Å². The van der Waals surface area contributed by atoms with Crippen LogP contribution < -0.4 is 5.73 Å². The van der Waals surface area contributed by atoms with Crippen molar-refractivity contribution in [3.63, 3.8) is 0 Å². The van der Waals surface area contributed by atoms with E-state index >= 15 is 0 Å². The number of carbonyl (C=O) groups is 1. The van der Waals surface area contributed by atoms with Gasteiger partial charge in [-0.2, -0.15) is 0 Å². The first-order chi connectivity index (χ1) is 4.77. The van der Waals surface area contributed by atoms with Crippen LogP contribution in [0.5, 0.6) is 0 Å². The summed E-state index contributed by atoms with van der Waals surface area (Å²) in [6, 6.07) is 0. The minimum atomic E-state index is -0.705. The fourth-order valence-electron chi connectivity index (χ4n) is 0.301. The Labute approximate surface area is 58.3 Å². The molecule has 0 spiro atoms. The summed E-state index contributed by atoms with van der Waals surface area (Å²) in [6.45, 7) is -0.488. The quantitative estimate of drug-likeness (QED) is 0.428. The molecule has 0 saturated carbocycles. The van der Waals surface area contributed by atoms with Gasteiger partial charge in [0.15, 0.2) is 0 Å². The summed E-state index contributed by atoms with van der Waals surface area (Å²) in [5, 5.41) is 0. The van der Waals surface area contributed by atoms with Gasteiger partial charge in [-0.1, -0.05) is 5.92 Å². The molecule has 0 aromatic rings. The average Bonchev–Trinajstić information content (AvgIpc) is 1.87. The van der Waals surface area contributed by atoms with Crippen LogP contribution in [0.15, 0.2) is 0 Å². The van der Waals surface area contributed by atoms with E-state index in [1.807, 2.05) is 5.92 Å². The van der Waals surface area contributed by atoms with E-state index in [9.17, 15) is 9.18 Å². The standard InChI is InChI=1S/C6H8FNO2/c7-3-5-10-4-1-2-6(8)9/h3-5H2,(H2,8,9). The van der Waals surface area contributed by atoms with Crippen LogP contribution in [-0.2, 0) is 9.53 Å². The predicted molar refractivity (Wildman–Crippen MR) is 33.8 cm³/mol. The maximum Gasteiger partial charge on any atom is 0.293 e. The fourth-order valence-corrected chi connectivity index (χ4v) is 0.301. The van der Waals surface area contributed by atoms with Gasteiger partial charge in [0, 0.05) is 0 Å². The molecule has 0 rings (SSSR count). The van der Waals surface area contributed by atoms with Gasteiger partial charge in [0.2, 0.25) is 0 Å². The Balaban J connectivity index is 3.20. The predicted octanol–water partition coefficient (Wildman–Crippen LogP) is -0.539. The summed E-state index contributed by atoms with van der Waals surface area (Å²) in [4.78, 5) is 9.95. The summed E-state index contributed by atoms with van der Waals surface area (Å²) in [7, 11) is 0. The lowest BCUT2D eigenvalue weighted by Crippen LogP contribution is -2.06. The molecule has 0 fully saturated rings. The second kappa shape index (κ2) is 6.05. The molecule has 0 radical (unpaired) electrons. The monoisotopic (exact) mass is 145 g/mol. The lowest BCUT2D eigenvalue weighted by Gasteiger charge is -1.90. The van der Waals surface area contributed by atoms with Crippen LogP contribution >= 0.6 is 0 Å². The molecule has 0 bridgehead atoms. The molecule has 56 valence electrons. The highest BCUT2D eigenvalue weighted by molar-refractivity contribution is 5.91. The van der Waals surface area contributed by atoms with E-state index in [4.69, 9.17) is 0 Å². The highest BCUT2D eigenvalue weighted by Gasteiger charge is 1.82. The van der Waals surface area contributed by atoms with Crippen molar-refractivity contribution in [1.29, 1.82) is 0 Å². The zero-order chi connectivity index (χ0) is 7.82. The molecule has 3 nitrogen and oxygen atoms in total. The van der Waals surface area contributed by atoms with Crippen LogP contribution in [0.2, 0.25) is 0 Å². The molecule has 0 aliphatic carbocycles. The molecule has 10 heavy (non-hydrogen) atoms. The Kier molecular flexibility index (Phi) is 5.39. The van der Waals surface area contributed by atoms with Gasteiger partial charge >= 0.3 is 0 Å². The smallest absolute Gasteiger partial charge is 0.293 e. The largest absolute Gasteiger partial charge is 0.366 e. The third-order valence-corrected chi connectivity index (χ3v) is 0.607. The zero-order valence-electron chi connectivity index (χ0n) is 5.39. The van der Waals surface area contributed by atoms with Crippen molar-refractivity contribution in [3.8, 4) is 11.8 Å². The van der Waals surface area contributed by atoms with Gasteiger partial charge in [-0.05, 0) is 5.92 Å². The summed E-state index contributed by atoms with van der Waals surface area (Å²) < 4.78 is 15.9.